The molecule has 1 aromatic rings. The first kappa shape index (κ1) is 16.9. The quantitative estimate of drug-likeness (QED) is 0.788. The lowest BCUT2D eigenvalue weighted by atomic mass is 10.1. The van der Waals surface area contributed by atoms with Gasteiger partial charge in [-0.1, -0.05) is 30.3 Å². The van der Waals surface area contributed by atoms with Crippen molar-refractivity contribution in [2.45, 2.75) is 23.9 Å². The van der Waals surface area contributed by atoms with Crippen LogP contribution in [0.3, 0.4) is 0 Å². The highest BCUT2D eigenvalue weighted by atomic mass is 32.2. The van der Waals surface area contributed by atoms with Crippen LogP contribution >= 0.6 is 0 Å². The summed E-state index contributed by atoms with van der Waals surface area (Å²) in [6.07, 6.45) is 0.196. The lowest BCUT2D eigenvalue weighted by Gasteiger charge is -2.34. The Balaban J connectivity index is 1.68. The van der Waals surface area contributed by atoms with Crippen molar-refractivity contribution in [3.63, 3.8) is 0 Å². The number of sulfonamides is 1. The number of morpholine rings is 1. The summed E-state index contributed by atoms with van der Waals surface area (Å²) in [4.78, 5) is 0. The van der Waals surface area contributed by atoms with E-state index >= 15 is 0 Å². The van der Waals surface area contributed by atoms with Gasteiger partial charge in [0, 0.05) is 20.2 Å². The molecular formula is C16H23NO5S. The van der Waals surface area contributed by atoms with Gasteiger partial charge in [-0.2, -0.15) is 4.31 Å². The van der Waals surface area contributed by atoms with Crippen LogP contribution in [0.1, 0.15) is 5.56 Å². The van der Waals surface area contributed by atoms with E-state index in [1.807, 2.05) is 30.3 Å². The van der Waals surface area contributed by atoms with Crippen LogP contribution in [0.25, 0.3) is 0 Å². The molecule has 0 bridgehead atoms. The Morgan fingerprint density at radius 1 is 1.26 bits per heavy atom. The fraction of sp³-hybridized carbons (Fsp3) is 0.625. The van der Waals surface area contributed by atoms with Crippen molar-refractivity contribution in [3.05, 3.63) is 35.9 Å². The summed E-state index contributed by atoms with van der Waals surface area (Å²) in [5, 5.41) is -0.622. The third kappa shape index (κ3) is 3.75. The van der Waals surface area contributed by atoms with Crippen LogP contribution in [0.2, 0.25) is 0 Å². The van der Waals surface area contributed by atoms with E-state index in [9.17, 15) is 8.42 Å². The third-order valence-corrected chi connectivity index (χ3v) is 6.69. The number of methoxy groups -OCH3 is 1. The highest BCUT2D eigenvalue weighted by Gasteiger charge is 2.43. The first-order chi connectivity index (χ1) is 11.1. The molecular weight excluding hydrogens is 318 g/mol. The van der Waals surface area contributed by atoms with Crippen molar-refractivity contribution in [2.75, 3.05) is 40.0 Å². The Bertz CT molecular complexity index is 606. The molecule has 23 heavy (non-hydrogen) atoms. The van der Waals surface area contributed by atoms with E-state index in [0.717, 1.165) is 5.56 Å². The lowest BCUT2D eigenvalue weighted by molar-refractivity contribution is -0.00131. The van der Waals surface area contributed by atoms with Gasteiger partial charge in [0.2, 0.25) is 10.0 Å². The summed E-state index contributed by atoms with van der Waals surface area (Å²) < 4.78 is 43.6. The normalized spacial score (nSPS) is 29.7. The van der Waals surface area contributed by atoms with Crippen LogP contribution in [0.5, 0.6) is 0 Å². The largest absolute Gasteiger partial charge is 0.378 e. The van der Waals surface area contributed by atoms with Crippen molar-refractivity contribution >= 4 is 10.0 Å². The summed E-state index contributed by atoms with van der Waals surface area (Å²) in [6.45, 7) is 1.71. The second-order valence-electron chi connectivity index (χ2n) is 5.94. The molecule has 0 N–H and O–H groups in total. The lowest BCUT2D eigenvalue weighted by Crippen LogP contribution is -2.51. The number of hydrogen-bond acceptors (Lipinski definition) is 5. The summed E-state index contributed by atoms with van der Waals surface area (Å²) in [5.74, 6) is 0. The molecule has 2 aliphatic heterocycles. The van der Waals surface area contributed by atoms with Crippen molar-refractivity contribution in [1.82, 2.24) is 4.31 Å². The van der Waals surface area contributed by atoms with Crippen LogP contribution in [-0.4, -0.2) is 70.2 Å². The van der Waals surface area contributed by atoms with Crippen molar-refractivity contribution in [1.29, 1.82) is 0 Å². The van der Waals surface area contributed by atoms with Gasteiger partial charge in [0.15, 0.2) is 0 Å². The predicted molar refractivity (Wildman–Crippen MR) is 85.8 cm³/mol. The van der Waals surface area contributed by atoms with Crippen molar-refractivity contribution in [2.24, 2.45) is 0 Å². The Kier molecular flexibility index (Phi) is 5.33. The van der Waals surface area contributed by atoms with Gasteiger partial charge in [0.25, 0.3) is 0 Å². The van der Waals surface area contributed by atoms with E-state index in [1.54, 1.807) is 0 Å². The molecule has 2 fully saturated rings. The van der Waals surface area contributed by atoms with Crippen LogP contribution in [0, 0.1) is 0 Å². The van der Waals surface area contributed by atoms with Gasteiger partial charge in [-0.3, -0.25) is 0 Å². The van der Waals surface area contributed by atoms with E-state index < -0.39 is 21.4 Å². The fourth-order valence-corrected chi connectivity index (χ4v) is 5.06. The van der Waals surface area contributed by atoms with Crippen LogP contribution in [0.15, 0.2) is 30.3 Å². The summed E-state index contributed by atoms with van der Waals surface area (Å²) >= 11 is 0. The molecule has 2 heterocycles. The molecule has 0 aromatic heterocycles. The second kappa shape index (κ2) is 7.27. The molecule has 1 aromatic carbocycles. The third-order valence-electron chi connectivity index (χ3n) is 4.43. The van der Waals surface area contributed by atoms with Crippen molar-refractivity contribution in [3.8, 4) is 0 Å². The maximum absolute atomic E-state index is 12.9. The highest BCUT2D eigenvalue weighted by Crippen LogP contribution is 2.23. The van der Waals surface area contributed by atoms with E-state index in [4.69, 9.17) is 14.2 Å². The predicted octanol–water partition coefficient (Wildman–Crippen LogP) is 0.674. The number of ether oxygens (including phenoxy) is 3. The molecule has 2 saturated heterocycles. The zero-order valence-electron chi connectivity index (χ0n) is 13.3. The van der Waals surface area contributed by atoms with E-state index in [0.29, 0.717) is 32.7 Å². The maximum Gasteiger partial charge on any atom is 0.222 e. The van der Waals surface area contributed by atoms with E-state index in [1.165, 1.54) is 11.4 Å². The van der Waals surface area contributed by atoms with E-state index in [-0.39, 0.29) is 12.7 Å². The van der Waals surface area contributed by atoms with Gasteiger partial charge in [-0.25, -0.2) is 8.42 Å². The smallest absolute Gasteiger partial charge is 0.222 e. The Morgan fingerprint density at radius 3 is 2.78 bits per heavy atom. The van der Waals surface area contributed by atoms with Crippen LogP contribution in [0.4, 0.5) is 0 Å². The second-order valence-corrected chi connectivity index (χ2v) is 8.09. The minimum absolute atomic E-state index is 0.121. The Hall–Kier alpha value is -0.990. The maximum atomic E-state index is 12.9. The highest BCUT2D eigenvalue weighted by molar-refractivity contribution is 7.89. The van der Waals surface area contributed by atoms with Gasteiger partial charge < -0.3 is 14.2 Å². The minimum Gasteiger partial charge on any atom is -0.378 e. The molecule has 0 spiro atoms. The van der Waals surface area contributed by atoms with Crippen molar-refractivity contribution < 1.29 is 22.6 Å². The fourth-order valence-electron chi connectivity index (χ4n) is 3.13. The standard InChI is InChI=1S/C16H23NO5S/c1-20-15-11-21-12-16(15)23(18,19)17-7-8-22-14(10-17)9-13-5-3-2-4-6-13/h2-6,14-16H,7-12H2,1H3/t14?,15-,16+/m1/s1. The molecule has 2 aliphatic rings. The summed E-state index contributed by atoms with van der Waals surface area (Å²) in [7, 11) is -1.92. The summed E-state index contributed by atoms with van der Waals surface area (Å²) in [5.41, 5.74) is 1.15. The van der Waals surface area contributed by atoms with E-state index in [2.05, 4.69) is 0 Å². The molecule has 128 valence electrons. The topological polar surface area (TPSA) is 65.1 Å². The first-order valence-electron chi connectivity index (χ1n) is 7.86. The monoisotopic (exact) mass is 341 g/mol. The average Bonchev–Trinajstić information content (AvgIpc) is 3.05. The molecule has 1 unspecified atom stereocenters. The molecule has 0 radical (unpaired) electrons. The Morgan fingerprint density at radius 2 is 2.04 bits per heavy atom. The zero-order valence-corrected chi connectivity index (χ0v) is 14.1. The van der Waals surface area contributed by atoms with Gasteiger partial charge >= 0.3 is 0 Å². The van der Waals surface area contributed by atoms with Crippen LogP contribution < -0.4 is 0 Å². The number of benzene rings is 1. The molecule has 0 saturated carbocycles. The first-order valence-corrected chi connectivity index (χ1v) is 9.36. The molecule has 7 heteroatoms. The number of hydrogen-bond donors (Lipinski definition) is 0. The number of rotatable bonds is 5. The minimum atomic E-state index is -3.44. The average molecular weight is 341 g/mol. The molecule has 3 rings (SSSR count). The number of nitrogens with zero attached hydrogens (tertiary/aromatic N) is 1. The van der Waals surface area contributed by atoms with Gasteiger partial charge in [-0.05, 0) is 12.0 Å². The molecule has 6 nitrogen and oxygen atoms in total. The molecule has 3 atom stereocenters. The summed E-state index contributed by atoms with van der Waals surface area (Å²) in [6, 6.07) is 9.98. The van der Waals surface area contributed by atoms with Gasteiger partial charge in [-0.15, -0.1) is 0 Å². The SMILES string of the molecule is CO[C@@H]1COC[C@@H]1S(=O)(=O)N1CCOC(Cc2ccccc2)C1. The van der Waals surface area contributed by atoms with Gasteiger partial charge in [0.05, 0.1) is 25.9 Å². The molecule has 0 amide bonds. The van der Waals surface area contributed by atoms with Gasteiger partial charge in [0.1, 0.15) is 11.4 Å². The zero-order chi connectivity index (χ0) is 16.3. The van der Waals surface area contributed by atoms with Crippen LogP contribution in [-0.2, 0) is 30.7 Å². The molecule has 0 aliphatic carbocycles. The Labute approximate surface area is 137 Å².